The minimum absolute atomic E-state index is 0.0176. The molecule has 0 radical (unpaired) electrons. The summed E-state index contributed by atoms with van der Waals surface area (Å²) < 4.78 is 17.1. The Morgan fingerprint density at radius 3 is 2.33 bits per heavy atom. The fourth-order valence-electron chi connectivity index (χ4n) is 6.30. The number of nitrogens with one attached hydrogen (secondary N) is 3. The molecule has 2 atom stereocenters. The molecule has 2 aliphatic rings. The second-order valence-corrected chi connectivity index (χ2v) is 12.5. The van der Waals surface area contributed by atoms with Gasteiger partial charge in [-0.2, -0.15) is 5.10 Å². The van der Waals surface area contributed by atoms with Crippen LogP contribution in [0.15, 0.2) is 30.5 Å². The third-order valence-electron chi connectivity index (χ3n) is 9.26. The molecule has 4 amide bonds. The van der Waals surface area contributed by atoms with Gasteiger partial charge in [-0.15, -0.1) is 0 Å². The summed E-state index contributed by atoms with van der Waals surface area (Å²) in [5.41, 5.74) is -0.436. The molecule has 0 unspecified atom stereocenters. The molecule has 1 saturated carbocycles. The molecule has 246 valence electrons. The van der Waals surface area contributed by atoms with Crippen molar-refractivity contribution in [2.45, 2.75) is 90.3 Å². The average Bonchev–Trinajstić information content (AvgIpc) is 3.35. The van der Waals surface area contributed by atoms with Crippen LogP contribution in [-0.2, 0) is 27.3 Å². The number of aryl methyl sites for hydroxylation is 1. The number of rotatable bonds is 11. The van der Waals surface area contributed by atoms with Crippen LogP contribution in [0.2, 0.25) is 0 Å². The summed E-state index contributed by atoms with van der Waals surface area (Å²) in [7, 11) is 2.00. The zero-order chi connectivity index (χ0) is 32.6. The molecule has 1 aromatic carbocycles. The average molecular weight is 626 g/mol. The summed E-state index contributed by atoms with van der Waals surface area (Å²) in [5.74, 6) is -2.14. The maximum atomic E-state index is 15.6. The second kappa shape index (κ2) is 15.5. The number of piperazine rings is 1. The number of likely N-dealkylation sites (N-methyl/N-ethyl adjacent to an activating group) is 1. The quantitative estimate of drug-likeness (QED) is 0.329. The maximum Gasteiger partial charge on any atom is 0.270 e. The van der Waals surface area contributed by atoms with Gasteiger partial charge in [-0.25, -0.2) is 4.39 Å². The lowest BCUT2D eigenvalue weighted by molar-refractivity contribution is -0.137. The highest BCUT2D eigenvalue weighted by atomic mass is 19.1. The molecule has 0 spiro atoms. The van der Waals surface area contributed by atoms with Gasteiger partial charge in [0.15, 0.2) is 0 Å². The molecule has 11 nitrogen and oxygen atoms in total. The number of nitrogens with zero attached hydrogens (tertiary/aromatic N) is 4. The first-order chi connectivity index (χ1) is 21.5. The Hall–Kier alpha value is -3.80. The van der Waals surface area contributed by atoms with E-state index in [1.807, 2.05) is 14.0 Å². The van der Waals surface area contributed by atoms with Gasteiger partial charge in [0.2, 0.25) is 17.7 Å². The Bertz CT molecular complexity index is 1350. The Balaban J connectivity index is 1.52. The van der Waals surface area contributed by atoms with E-state index in [1.165, 1.54) is 12.1 Å². The Labute approximate surface area is 265 Å². The van der Waals surface area contributed by atoms with Crippen LogP contribution >= 0.6 is 0 Å². The van der Waals surface area contributed by atoms with Crippen molar-refractivity contribution in [2.75, 3.05) is 38.5 Å². The number of hydrogen-bond donors (Lipinski definition) is 3. The third kappa shape index (κ3) is 8.47. The molecule has 45 heavy (non-hydrogen) atoms. The van der Waals surface area contributed by atoms with E-state index in [0.29, 0.717) is 30.9 Å². The molecule has 1 aliphatic heterocycles. The molecule has 2 fully saturated rings. The van der Waals surface area contributed by atoms with Crippen LogP contribution < -0.4 is 16.0 Å². The van der Waals surface area contributed by atoms with Gasteiger partial charge in [0.25, 0.3) is 5.91 Å². The van der Waals surface area contributed by atoms with Gasteiger partial charge in [0.05, 0.1) is 5.69 Å². The first kappa shape index (κ1) is 34.1. The zero-order valence-corrected chi connectivity index (χ0v) is 27.0. The molecule has 1 aliphatic carbocycles. The van der Waals surface area contributed by atoms with Gasteiger partial charge in [-0.1, -0.05) is 38.7 Å². The molecule has 3 N–H and O–H groups in total. The van der Waals surface area contributed by atoms with E-state index in [2.05, 4.69) is 25.9 Å². The van der Waals surface area contributed by atoms with E-state index < -0.39 is 29.2 Å². The predicted molar refractivity (Wildman–Crippen MR) is 170 cm³/mol. The van der Waals surface area contributed by atoms with Crippen molar-refractivity contribution in [2.24, 2.45) is 5.92 Å². The van der Waals surface area contributed by atoms with E-state index >= 15 is 4.39 Å². The zero-order valence-electron chi connectivity index (χ0n) is 27.0. The minimum atomic E-state index is -1.29. The summed E-state index contributed by atoms with van der Waals surface area (Å²) in [6.45, 7) is 8.43. The lowest BCUT2D eigenvalue weighted by Gasteiger charge is -2.37. The van der Waals surface area contributed by atoms with Crippen molar-refractivity contribution in [1.82, 2.24) is 30.2 Å². The first-order valence-corrected chi connectivity index (χ1v) is 16.3. The summed E-state index contributed by atoms with van der Waals surface area (Å²) >= 11 is 0. The molecular weight excluding hydrogens is 577 g/mol. The van der Waals surface area contributed by atoms with Crippen LogP contribution in [0.25, 0.3) is 0 Å². The molecule has 1 saturated heterocycles. The first-order valence-electron chi connectivity index (χ1n) is 16.3. The summed E-state index contributed by atoms with van der Waals surface area (Å²) in [5, 5.41) is 12.7. The predicted octanol–water partition coefficient (Wildman–Crippen LogP) is 3.35. The van der Waals surface area contributed by atoms with Gasteiger partial charge in [0, 0.05) is 51.8 Å². The van der Waals surface area contributed by atoms with Crippen LogP contribution in [0.3, 0.4) is 0 Å². The van der Waals surface area contributed by atoms with E-state index in [0.717, 1.165) is 51.6 Å². The molecule has 4 rings (SSSR count). The lowest BCUT2D eigenvalue weighted by atomic mass is 9.79. The van der Waals surface area contributed by atoms with Gasteiger partial charge >= 0.3 is 0 Å². The van der Waals surface area contributed by atoms with Gasteiger partial charge in [-0.05, 0) is 63.4 Å². The van der Waals surface area contributed by atoms with E-state index in [-0.39, 0.29) is 36.3 Å². The van der Waals surface area contributed by atoms with Crippen molar-refractivity contribution in [3.63, 3.8) is 0 Å². The van der Waals surface area contributed by atoms with E-state index in [1.54, 1.807) is 41.8 Å². The number of carbonyl (C=O) groups is 4. The van der Waals surface area contributed by atoms with Gasteiger partial charge in [-0.3, -0.25) is 23.9 Å². The number of benzene rings is 1. The van der Waals surface area contributed by atoms with Crippen LogP contribution in [0.5, 0.6) is 0 Å². The minimum Gasteiger partial charge on any atom is -0.344 e. The highest BCUT2D eigenvalue weighted by molar-refractivity contribution is 6.03. The number of carbonyl (C=O) groups excluding carboxylic acids is 4. The molecule has 0 bridgehead atoms. The number of amides is 4. The number of anilines is 1. The van der Waals surface area contributed by atoms with Crippen molar-refractivity contribution in [1.29, 1.82) is 0 Å². The van der Waals surface area contributed by atoms with Crippen LogP contribution in [-0.4, -0.2) is 88.0 Å². The summed E-state index contributed by atoms with van der Waals surface area (Å²) in [6.07, 6.45) is 7.45. The van der Waals surface area contributed by atoms with Crippen molar-refractivity contribution < 1.29 is 23.6 Å². The smallest absolute Gasteiger partial charge is 0.270 e. The third-order valence-corrected chi connectivity index (χ3v) is 9.26. The Morgan fingerprint density at radius 1 is 1.02 bits per heavy atom. The SMILES string of the molecule is CCC(=O)N[C@H](Cc1ccc(NC(=O)[C@](C)(NC(=O)c2ccnn2CC)C2CCCCCC2)c(F)c1)C(=O)N1CCN(C)CC1. The Morgan fingerprint density at radius 2 is 1.71 bits per heavy atom. The highest BCUT2D eigenvalue weighted by Gasteiger charge is 2.43. The largest absolute Gasteiger partial charge is 0.344 e. The summed E-state index contributed by atoms with van der Waals surface area (Å²) in [4.78, 5) is 56.9. The van der Waals surface area contributed by atoms with E-state index in [9.17, 15) is 19.2 Å². The Kier molecular flexibility index (Phi) is 11.7. The maximum absolute atomic E-state index is 15.6. The molecule has 2 aromatic rings. The number of halogens is 1. The van der Waals surface area contributed by atoms with Gasteiger partial charge in [0.1, 0.15) is 23.1 Å². The van der Waals surface area contributed by atoms with Crippen molar-refractivity contribution >= 4 is 29.3 Å². The number of hydrogen-bond acceptors (Lipinski definition) is 6. The normalized spacial score (nSPS) is 18.4. The topological polar surface area (TPSA) is 129 Å². The van der Waals surface area contributed by atoms with Crippen molar-refractivity contribution in [3.05, 3.63) is 47.5 Å². The van der Waals surface area contributed by atoms with Gasteiger partial charge < -0.3 is 25.8 Å². The monoisotopic (exact) mass is 625 g/mol. The van der Waals surface area contributed by atoms with Crippen LogP contribution in [0.1, 0.15) is 81.8 Å². The summed E-state index contributed by atoms with van der Waals surface area (Å²) in [6, 6.07) is 5.21. The molecule has 12 heteroatoms. The van der Waals surface area contributed by atoms with Crippen LogP contribution in [0.4, 0.5) is 10.1 Å². The lowest BCUT2D eigenvalue weighted by Crippen LogP contribution is -2.59. The van der Waals surface area contributed by atoms with Crippen LogP contribution in [0, 0.1) is 11.7 Å². The fourth-order valence-corrected chi connectivity index (χ4v) is 6.30. The molecular formula is C33H48FN7O4. The highest BCUT2D eigenvalue weighted by Crippen LogP contribution is 2.33. The van der Waals surface area contributed by atoms with Crippen molar-refractivity contribution in [3.8, 4) is 0 Å². The van der Waals surface area contributed by atoms with E-state index in [4.69, 9.17) is 0 Å². The molecule has 2 heterocycles. The standard InChI is InChI=1S/C33H48FN7O4/c1-5-29(42)36-27(31(44)40-19-17-39(4)18-20-40)22-23-13-14-26(25(34)21-23)37-32(45)33(3,24-11-9-7-8-10-12-24)38-30(43)28-15-16-35-41(28)6-2/h13-16,21,24,27H,5-12,17-20,22H2,1-4H3,(H,36,42)(H,37,45)(H,38,43)/t27-,33-/m1/s1. The number of aromatic nitrogens is 2. The fraction of sp³-hybridized carbons (Fsp3) is 0.606. The molecule has 1 aromatic heterocycles. The second-order valence-electron chi connectivity index (χ2n) is 12.5.